The molecule has 1 N–H and O–H groups in total. The minimum atomic E-state index is 0.775. The highest BCUT2D eigenvalue weighted by Gasteiger charge is 2.19. The second-order valence-electron chi connectivity index (χ2n) is 4.73. The van der Waals surface area contributed by atoms with Crippen molar-refractivity contribution in [3.63, 3.8) is 0 Å². The average molecular weight is 230 g/mol. The van der Waals surface area contributed by atoms with E-state index in [1.807, 2.05) is 0 Å². The summed E-state index contributed by atoms with van der Waals surface area (Å²) in [6.45, 7) is 11.8. The molecule has 0 radical (unpaired) electrons. The lowest BCUT2D eigenvalue weighted by molar-refractivity contribution is 0.200. The van der Waals surface area contributed by atoms with Gasteiger partial charge in [0, 0.05) is 30.6 Å². The number of nitrogens with zero attached hydrogens (tertiary/aromatic N) is 1. The SMILES string of the molecule is CCCNCC(C)CN1CCSCC1C. The zero-order chi connectivity index (χ0) is 11.1. The zero-order valence-corrected chi connectivity index (χ0v) is 11.3. The van der Waals surface area contributed by atoms with Gasteiger partial charge in [-0.25, -0.2) is 0 Å². The molecule has 1 rings (SSSR count). The maximum absolute atomic E-state index is 3.51. The van der Waals surface area contributed by atoms with Gasteiger partial charge >= 0.3 is 0 Å². The first-order valence-corrected chi connectivity index (χ1v) is 7.42. The fourth-order valence-electron chi connectivity index (χ4n) is 2.02. The van der Waals surface area contributed by atoms with Crippen LogP contribution in [-0.4, -0.2) is 48.6 Å². The van der Waals surface area contributed by atoms with Crippen LogP contribution in [0.1, 0.15) is 27.2 Å². The van der Waals surface area contributed by atoms with Crippen molar-refractivity contribution in [1.82, 2.24) is 10.2 Å². The largest absolute Gasteiger partial charge is 0.316 e. The van der Waals surface area contributed by atoms with Gasteiger partial charge in [-0.2, -0.15) is 11.8 Å². The molecule has 0 aromatic rings. The molecule has 2 atom stereocenters. The van der Waals surface area contributed by atoms with Gasteiger partial charge in [0.25, 0.3) is 0 Å². The molecule has 15 heavy (non-hydrogen) atoms. The highest BCUT2D eigenvalue weighted by Crippen LogP contribution is 2.16. The van der Waals surface area contributed by atoms with E-state index in [0.29, 0.717) is 0 Å². The molecule has 2 unspecified atom stereocenters. The van der Waals surface area contributed by atoms with Crippen molar-refractivity contribution in [3.8, 4) is 0 Å². The van der Waals surface area contributed by atoms with Crippen molar-refractivity contribution in [2.24, 2.45) is 5.92 Å². The van der Waals surface area contributed by atoms with Gasteiger partial charge in [0.2, 0.25) is 0 Å². The summed E-state index contributed by atoms with van der Waals surface area (Å²) >= 11 is 2.10. The van der Waals surface area contributed by atoms with Crippen molar-refractivity contribution < 1.29 is 0 Å². The number of nitrogens with one attached hydrogen (secondary N) is 1. The average Bonchev–Trinajstić information content (AvgIpc) is 2.22. The standard InChI is InChI=1S/C12H26N2S/c1-4-5-13-8-11(2)9-14-6-7-15-10-12(14)3/h11-13H,4-10H2,1-3H3. The van der Waals surface area contributed by atoms with Crippen molar-refractivity contribution in [2.45, 2.75) is 33.2 Å². The normalized spacial score (nSPS) is 25.4. The highest BCUT2D eigenvalue weighted by atomic mass is 32.2. The van der Waals surface area contributed by atoms with Crippen LogP contribution in [0, 0.1) is 5.92 Å². The molecule has 1 aliphatic heterocycles. The van der Waals surface area contributed by atoms with E-state index in [0.717, 1.165) is 18.5 Å². The first-order valence-electron chi connectivity index (χ1n) is 6.26. The molecule has 3 heteroatoms. The minimum absolute atomic E-state index is 0.775. The topological polar surface area (TPSA) is 15.3 Å². The molecule has 1 saturated heterocycles. The van der Waals surface area contributed by atoms with E-state index in [-0.39, 0.29) is 0 Å². The number of rotatable bonds is 6. The molecule has 90 valence electrons. The maximum atomic E-state index is 3.51. The highest BCUT2D eigenvalue weighted by molar-refractivity contribution is 7.99. The van der Waals surface area contributed by atoms with Crippen LogP contribution in [-0.2, 0) is 0 Å². The molecule has 1 fully saturated rings. The van der Waals surface area contributed by atoms with Crippen LogP contribution in [0.4, 0.5) is 0 Å². The molecular weight excluding hydrogens is 204 g/mol. The third-order valence-corrected chi connectivity index (χ3v) is 4.16. The third-order valence-electron chi connectivity index (χ3n) is 2.97. The molecular formula is C12H26N2S. The smallest absolute Gasteiger partial charge is 0.0158 e. The number of hydrogen-bond acceptors (Lipinski definition) is 3. The summed E-state index contributed by atoms with van der Waals surface area (Å²) < 4.78 is 0. The molecule has 2 nitrogen and oxygen atoms in total. The predicted octanol–water partition coefficient (Wildman–Crippen LogP) is 2.06. The molecule has 0 saturated carbocycles. The van der Waals surface area contributed by atoms with Gasteiger partial charge in [-0.15, -0.1) is 0 Å². The summed E-state index contributed by atoms with van der Waals surface area (Å²) in [5.74, 6) is 3.41. The van der Waals surface area contributed by atoms with Gasteiger partial charge in [-0.05, 0) is 32.4 Å². The Morgan fingerprint density at radius 2 is 2.33 bits per heavy atom. The molecule has 1 aliphatic rings. The molecule has 0 spiro atoms. The van der Waals surface area contributed by atoms with Gasteiger partial charge in [0.05, 0.1) is 0 Å². The summed E-state index contributed by atoms with van der Waals surface area (Å²) in [5, 5.41) is 3.51. The lowest BCUT2D eigenvalue weighted by Gasteiger charge is -2.34. The summed E-state index contributed by atoms with van der Waals surface area (Å²) in [6, 6.07) is 0.775. The van der Waals surface area contributed by atoms with Crippen LogP contribution in [0.3, 0.4) is 0 Å². The van der Waals surface area contributed by atoms with Crippen LogP contribution >= 0.6 is 11.8 Å². The van der Waals surface area contributed by atoms with Gasteiger partial charge in [-0.1, -0.05) is 13.8 Å². The fraction of sp³-hybridized carbons (Fsp3) is 1.00. The summed E-state index contributed by atoms with van der Waals surface area (Å²) in [4.78, 5) is 2.65. The van der Waals surface area contributed by atoms with E-state index >= 15 is 0 Å². The second-order valence-corrected chi connectivity index (χ2v) is 5.88. The van der Waals surface area contributed by atoms with Crippen LogP contribution in [0.25, 0.3) is 0 Å². The van der Waals surface area contributed by atoms with Crippen LogP contribution in [0.5, 0.6) is 0 Å². The first-order chi connectivity index (χ1) is 7.24. The predicted molar refractivity (Wildman–Crippen MR) is 70.7 cm³/mol. The minimum Gasteiger partial charge on any atom is -0.316 e. The van der Waals surface area contributed by atoms with E-state index in [4.69, 9.17) is 0 Å². The lowest BCUT2D eigenvalue weighted by atomic mass is 10.1. The van der Waals surface area contributed by atoms with Gasteiger partial charge < -0.3 is 5.32 Å². The molecule has 1 heterocycles. The number of thioether (sulfide) groups is 1. The van der Waals surface area contributed by atoms with Crippen LogP contribution in [0.2, 0.25) is 0 Å². The van der Waals surface area contributed by atoms with Crippen LogP contribution in [0.15, 0.2) is 0 Å². The van der Waals surface area contributed by atoms with Crippen molar-refractivity contribution >= 4 is 11.8 Å². The Morgan fingerprint density at radius 1 is 1.53 bits per heavy atom. The Bertz CT molecular complexity index is 164. The Labute approximate surface area is 99.2 Å². The van der Waals surface area contributed by atoms with E-state index in [2.05, 4.69) is 42.7 Å². The van der Waals surface area contributed by atoms with E-state index in [1.54, 1.807) is 0 Å². The van der Waals surface area contributed by atoms with Gasteiger partial charge in [-0.3, -0.25) is 4.90 Å². The van der Waals surface area contributed by atoms with Crippen molar-refractivity contribution in [1.29, 1.82) is 0 Å². The lowest BCUT2D eigenvalue weighted by Crippen LogP contribution is -2.44. The Balaban J connectivity index is 2.15. The summed E-state index contributed by atoms with van der Waals surface area (Å²) in [7, 11) is 0. The van der Waals surface area contributed by atoms with Crippen molar-refractivity contribution in [3.05, 3.63) is 0 Å². The Morgan fingerprint density at radius 3 is 3.00 bits per heavy atom. The zero-order valence-electron chi connectivity index (χ0n) is 10.5. The van der Waals surface area contributed by atoms with Gasteiger partial charge in [0.15, 0.2) is 0 Å². The van der Waals surface area contributed by atoms with E-state index in [1.165, 1.54) is 37.6 Å². The van der Waals surface area contributed by atoms with Gasteiger partial charge in [0.1, 0.15) is 0 Å². The maximum Gasteiger partial charge on any atom is 0.0158 e. The van der Waals surface area contributed by atoms with Crippen molar-refractivity contribution in [2.75, 3.05) is 37.7 Å². The monoisotopic (exact) mass is 230 g/mol. The molecule has 0 aromatic heterocycles. The molecule has 0 amide bonds. The third kappa shape index (κ3) is 5.23. The second kappa shape index (κ2) is 7.53. The molecule has 0 aliphatic carbocycles. The van der Waals surface area contributed by atoms with E-state index in [9.17, 15) is 0 Å². The van der Waals surface area contributed by atoms with Crippen LogP contribution < -0.4 is 5.32 Å². The summed E-state index contributed by atoms with van der Waals surface area (Å²) in [5.41, 5.74) is 0. The Kier molecular flexibility index (Phi) is 6.69. The summed E-state index contributed by atoms with van der Waals surface area (Å²) in [6.07, 6.45) is 1.24. The fourth-order valence-corrected chi connectivity index (χ4v) is 3.11. The number of hydrogen-bond donors (Lipinski definition) is 1. The first kappa shape index (κ1) is 13.3. The Hall–Kier alpha value is 0.270. The molecule has 0 aromatic carbocycles. The quantitative estimate of drug-likeness (QED) is 0.703. The van der Waals surface area contributed by atoms with E-state index < -0.39 is 0 Å². The molecule has 0 bridgehead atoms.